The van der Waals surface area contributed by atoms with Gasteiger partial charge in [-0.1, -0.05) is 24.5 Å². The van der Waals surface area contributed by atoms with Crippen LogP contribution in [0.15, 0.2) is 6.20 Å². The number of amides is 1. The van der Waals surface area contributed by atoms with Gasteiger partial charge in [0.25, 0.3) is 5.91 Å². The molecule has 0 atom stereocenters. The molecule has 140 valence electrons. The van der Waals surface area contributed by atoms with Crippen molar-refractivity contribution < 1.29 is 4.79 Å². The Morgan fingerprint density at radius 2 is 1.92 bits per heavy atom. The molecule has 0 aromatic carbocycles. The summed E-state index contributed by atoms with van der Waals surface area (Å²) in [5.74, 6) is -0.00258. The minimum Gasteiger partial charge on any atom is -0.330 e. The molecule has 0 unspecified atom stereocenters. The lowest BCUT2D eigenvalue weighted by Gasteiger charge is -2.22. The van der Waals surface area contributed by atoms with Crippen molar-refractivity contribution in [2.75, 3.05) is 0 Å². The first-order valence-electron chi connectivity index (χ1n) is 9.76. The Morgan fingerprint density at radius 3 is 2.54 bits per heavy atom. The lowest BCUT2D eigenvalue weighted by Crippen LogP contribution is -2.33. The first-order valence-corrected chi connectivity index (χ1v) is 9.76. The number of aromatic nitrogens is 5. The molecule has 0 spiro atoms. The quantitative estimate of drug-likeness (QED) is 0.826. The molecule has 0 radical (unpaired) electrons. The number of rotatable bonds is 5. The van der Waals surface area contributed by atoms with Crippen molar-refractivity contribution in [1.82, 2.24) is 29.7 Å². The van der Waals surface area contributed by atoms with Crippen LogP contribution < -0.4 is 0 Å². The summed E-state index contributed by atoms with van der Waals surface area (Å²) in [6.45, 7) is 4.67. The van der Waals surface area contributed by atoms with Gasteiger partial charge in [-0.25, -0.2) is 4.68 Å². The van der Waals surface area contributed by atoms with Crippen LogP contribution in [0.1, 0.15) is 78.4 Å². The molecular weight excluding hydrogens is 328 g/mol. The summed E-state index contributed by atoms with van der Waals surface area (Å²) in [7, 11) is 1.95. The lowest BCUT2D eigenvalue weighted by atomic mass is 9.96. The van der Waals surface area contributed by atoms with Gasteiger partial charge in [0.05, 0.1) is 17.9 Å². The fourth-order valence-electron chi connectivity index (χ4n) is 4.02. The molecule has 1 amide bonds. The van der Waals surface area contributed by atoms with E-state index in [9.17, 15) is 4.79 Å². The highest BCUT2D eigenvalue weighted by Crippen LogP contribution is 2.31. The van der Waals surface area contributed by atoms with Gasteiger partial charge in [-0.3, -0.25) is 9.48 Å². The van der Waals surface area contributed by atoms with Crippen molar-refractivity contribution in [2.24, 2.45) is 7.05 Å². The third kappa shape index (κ3) is 3.27. The molecule has 0 bridgehead atoms. The van der Waals surface area contributed by atoms with E-state index in [0.29, 0.717) is 24.3 Å². The van der Waals surface area contributed by atoms with Crippen LogP contribution in [0.5, 0.6) is 0 Å². The normalized spacial score (nSPS) is 18.3. The summed E-state index contributed by atoms with van der Waals surface area (Å²) < 4.78 is 3.80. The Labute approximate surface area is 154 Å². The topological polar surface area (TPSA) is 68.8 Å². The second-order valence-electron chi connectivity index (χ2n) is 7.81. The number of hydrogen-bond donors (Lipinski definition) is 0. The van der Waals surface area contributed by atoms with Crippen LogP contribution in [0.4, 0.5) is 0 Å². The molecule has 7 nitrogen and oxygen atoms in total. The van der Waals surface area contributed by atoms with Gasteiger partial charge in [0.15, 0.2) is 5.69 Å². The zero-order chi connectivity index (χ0) is 18.3. The second-order valence-corrected chi connectivity index (χ2v) is 7.81. The maximum absolute atomic E-state index is 13.1. The number of carbonyl (C=O) groups is 1. The molecule has 2 aromatic heterocycles. The SMILES string of the molecule is Cc1nn(C)c(C)c1CN(C(=O)c1cn(C2CCCCC2)nn1)C1CC1. The molecule has 0 saturated heterocycles. The Balaban J connectivity index is 1.53. The van der Waals surface area contributed by atoms with Gasteiger partial charge >= 0.3 is 0 Å². The fourth-order valence-corrected chi connectivity index (χ4v) is 4.02. The van der Waals surface area contributed by atoms with E-state index in [1.807, 2.05) is 34.4 Å². The first kappa shape index (κ1) is 17.2. The number of aryl methyl sites for hydroxylation is 2. The highest BCUT2D eigenvalue weighted by atomic mass is 16.2. The predicted molar refractivity (Wildman–Crippen MR) is 97.7 cm³/mol. The Kier molecular flexibility index (Phi) is 4.54. The van der Waals surface area contributed by atoms with E-state index in [-0.39, 0.29) is 5.91 Å². The Morgan fingerprint density at radius 1 is 1.19 bits per heavy atom. The van der Waals surface area contributed by atoms with E-state index in [4.69, 9.17) is 0 Å². The van der Waals surface area contributed by atoms with Crippen LogP contribution in [0.2, 0.25) is 0 Å². The molecule has 2 heterocycles. The highest BCUT2D eigenvalue weighted by molar-refractivity contribution is 5.92. The third-order valence-electron chi connectivity index (χ3n) is 5.91. The molecule has 2 aliphatic carbocycles. The molecule has 7 heteroatoms. The van der Waals surface area contributed by atoms with E-state index in [2.05, 4.69) is 22.3 Å². The molecule has 2 aromatic rings. The van der Waals surface area contributed by atoms with E-state index in [1.165, 1.54) is 19.3 Å². The van der Waals surface area contributed by atoms with Crippen LogP contribution in [-0.2, 0) is 13.6 Å². The maximum atomic E-state index is 13.1. The predicted octanol–water partition coefficient (Wildman–Crippen LogP) is 2.94. The van der Waals surface area contributed by atoms with Crippen molar-refractivity contribution in [1.29, 1.82) is 0 Å². The second kappa shape index (κ2) is 6.85. The van der Waals surface area contributed by atoms with Crippen molar-refractivity contribution in [3.8, 4) is 0 Å². The van der Waals surface area contributed by atoms with Crippen LogP contribution in [-0.4, -0.2) is 41.6 Å². The van der Waals surface area contributed by atoms with E-state index < -0.39 is 0 Å². The summed E-state index contributed by atoms with van der Waals surface area (Å²) in [6, 6.07) is 0.719. The summed E-state index contributed by atoms with van der Waals surface area (Å²) in [5.41, 5.74) is 3.73. The van der Waals surface area contributed by atoms with Crippen molar-refractivity contribution >= 4 is 5.91 Å². The molecule has 26 heavy (non-hydrogen) atoms. The van der Waals surface area contributed by atoms with Gasteiger partial charge in [0, 0.05) is 30.9 Å². The number of nitrogens with zero attached hydrogens (tertiary/aromatic N) is 6. The minimum atomic E-state index is -0.00258. The summed E-state index contributed by atoms with van der Waals surface area (Å²) in [5, 5.41) is 13.0. The molecular formula is C19H28N6O. The van der Waals surface area contributed by atoms with E-state index in [0.717, 1.165) is 42.6 Å². The number of hydrogen-bond acceptors (Lipinski definition) is 4. The van der Waals surface area contributed by atoms with Crippen molar-refractivity contribution in [3.05, 3.63) is 28.8 Å². The van der Waals surface area contributed by atoms with Gasteiger partial charge in [-0.15, -0.1) is 5.10 Å². The van der Waals surface area contributed by atoms with Gasteiger partial charge in [-0.05, 0) is 39.5 Å². The average molecular weight is 356 g/mol. The van der Waals surface area contributed by atoms with Gasteiger partial charge < -0.3 is 4.90 Å². The van der Waals surface area contributed by atoms with Gasteiger partial charge in [0.1, 0.15) is 0 Å². The molecule has 2 aliphatic rings. The summed E-state index contributed by atoms with van der Waals surface area (Å²) in [4.78, 5) is 15.1. The van der Waals surface area contributed by atoms with Gasteiger partial charge in [0.2, 0.25) is 0 Å². The zero-order valence-electron chi connectivity index (χ0n) is 16.0. The molecule has 0 N–H and O–H groups in total. The standard InChI is InChI=1S/C19H28N6O/c1-13-17(14(2)23(3)21-13)11-24(15-9-10-15)19(26)18-12-25(22-20-18)16-7-5-4-6-8-16/h12,15-16H,4-11H2,1-3H3. The number of carbonyl (C=O) groups excluding carboxylic acids is 1. The molecule has 2 fully saturated rings. The van der Waals surface area contributed by atoms with Crippen LogP contribution in [0.3, 0.4) is 0 Å². The van der Waals surface area contributed by atoms with Crippen molar-refractivity contribution in [2.45, 2.75) is 77.4 Å². The van der Waals surface area contributed by atoms with Crippen molar-refractivity contribution in [3.63, 3.8) is 0 Å². The Bertz CT molecular complexity index is 797. The van der Waals surface area contributed by atoms with E-state index >= 15 is 0 Å². The monoisotopic (exact) mass is 356 g/mol. The molecule has 0 aliphatic heterocycles. The fraction of sp³-hybridized carbons (Fsp3) is 0.684. The van der Waals surface area contributed by atoms with Crippen LogP contribution >= 0.6 is 0 Å². The molecule has 4 rings (SSSR count). The van der Waals surface area contributed by atoms with Crippen LogP contribution in [0.25, 0.3) is 0 Å². The molecule has 2 saturated carbocycles. The van der Waals surface area contributed by atoms with E-state index in [1.54, 1.807) is 0 Å². The lowest BCUT2D eigenvalue weighted by molar-refractivity contribution is 0.0723. The van der Waals surface area contributed by atoms with Crippen LogP contribution in [0, 0.1) is 13.8 Å². The Hall–Kier alpha value is -2.18. The summed E-state index contributed by atoms with van der Waals surface area (Å²) >= 11 is 0. The highest BCUT2D eigenvalue weighted by Gasteiger charge is 2.35. The largest absolute Gasteiger partial charge is 0.330 e. The zero-order valence-corrected chi connectivity index (χ0v) is 16.0. The third-order valence-corrected chi connectivity index (χ3v) is 5.91. The summed E-state index contributed by atoms with van der Waals surface area (Å²) in [6.07, 6.45) is 10.0. The average Bonchev–Trinajstić information content (AvgIpc) is 3.31. The smallest absolute Gasteiger partial charge is 0.276 e. The first-order chi connectivity index (χ1) is 12.5. The van der Waals surface area contributed by atoms with Gasteiger partial charge in [-0.2, -0.15) is 5.10 Å². The minimum absolute atomic E-state index is 0.00258. The maximum Gasteiger partial charge on any atom is 0.276 e.